The Morgan fingerprint density at radius 2 is 1.74 bits per heavy atom. The van der Waals surface area contributed by atoms with Crippen molar-refractivity contribution in [2.75, 3.05) is 6.54 Å². The molecule has 0 heterocycles. The summed E-state index contributed by atoms with van der Waals surface area (Å²) in [6.45, 7) is 2.30. The van der Waals surface area contributed by atoms with Gasteiger partial charge in [0.1, 0.15) is 11.6 Å². The Kier molecular flexibility index (Phi) is 6.95. The summed E-state index contributed by atoms with van der Waals surface area (Å²) in [5, 5.41) is 10.1. The summed E-state index contributed by atoms with van der Waals surface area (Å²) in [7, 11) is 0. The molecular weight excluding hydrogens is 248 g/mol. The highest BCUT2D eigenvalue weighted by Crippen LogP contribution is 2.24. The van der Waals surface area contributed by atoms with Crippen LogP contribution in [0.3, 0.4) is 0 Å². The molecule has 0 aliphatic heterocycles. The van der Waals surface area contributed by atoms with Gasteiger partial charge in [-0.05, 0) is 24.1 Å². The third-order valence-corrected chi connectivity index (χ3v) is 3.38. The zero-order valence-corrected chi connectivity index (χ0v) is 11.4. The Balaban J connectivity index is 2.65. The molecule has 0 bridgehead atoms. The maximum atomic E-state index is 13.2. The molecule has 0 amide bonds. The van der Waals surface area contributed by atoms with Crippen molar-refractivity contribution >= 4 is 0 Å². The number of hydrogen-bond acceptors (Lipinski definition) is 2. The topological polar surface area (TPSA) is 46.2 Å². The van der Waals surface area contributed by atoms with E-state index in [2.05, 4.69) is 6.92 Å². The van der Waals surface area contributed by atoms with Gasteiger partial charge in [0.2, 0.25) is 0 Å². The van der Waals surface area contributed by atoms with Gasteiger partial charge in [-0.1, -0.05) is 32.6 Å². The van der Waals surface area contributed by atoms with Crippen molar-refractivity contribution in [3.63, 3.8) is 0 Å². The Labute approximate surface area is 113 Å². The zero-order chi connectivity index (χ0) is 14.3. The van der Waals surface area contributed by atoms with Crippen LogP contribution >= 0.6 is 0 Å². The third kappa shape index (κ3) is 5.25. The molecule has 4 heteroatoms. The van der Waals surface area contributed by atoms with E-state index in [0.717, 1.165) is 31.7 Å². The van der Waals surface area contributed by atoms with E-state index in [-0.39, 0.29) is 6.54 Å². The molecule has 0 spiro atoms. The number of aliphatic hydroxyl groups is 1. The lowest BCUT2D eigenvalue weighted by Crippen LogP contribution is -2.26. The molecule has 0 aromatic heterocycles. The number of nitrogens with two attached hydrogens (primary N) is 1. The molecule has 1 rings (SSSR count). The van der Waals surface area contributed by atoms with Gasteiger partial charge in [-0.15, -0.1) is 0 Å². The predicted octanol–water partition coefficient (Wildman–Crippen LogP) is 3.34. The van der Waals surface area contributed by atoms with Crippen LogP contribution in [0.25, 0.3) is 0 Å². The normalized spacial score (nSPS) is 14.4. The number of aliphatic hydroxyl groups excluding tert-OH is 1. The summed E-state index contributed by atoms with van der Waals surface area (Å²) in [6, 6.07) is 3.32. The first-order valence-electron chi connectivity index (χ1n) is 6.92. The van der Waals surface area contributed by atoms with Crippen LogP contribution in [0.4, 0.5) is 8.78 Å². The van der Waals surface area contributed by atoms with Crippen LogP contribution in [0.15, 0.2) is 18.2 Å². The average molecular weight is 271 g/mol. The van der Waals surface area contributed by atoms with Crippen molar-refractivity contribution in [3.05, 3.63) is 35.4 Å². The molecule has 19 heavy (non-hydrogen) atoms. The van der Waals surface area contributed by atoms with Crippen LogP contribution in [0.1, 0.15) is 50.5 Å². The predicted molar refractivity (Wildman–Crippen MR) is 72.9 cm³/mol. The van der Waals surface area contributed by atoms with Gasteiger partial charge < -0.3 is 10.8 Å². The van der Waals surface area contributed by atoms with Crippen LogP contribution < -0.4 is 5.73 Å². The lowest BCUT2D eigenvalue weighted by molar-refractivity contribution is 0.132. The molecule has 2 nitrogen and oxygen atoms in total. The van der Waals surface area contributed by atoms with Crippen molar-refractivity contribution in [1.29, 1.82) is 0 Å². The van der Waals surface area contributed by atoms with E-state index < -0.39 is 23.7 Å². The van der Waals surface area contributed by atoms with Gasteiger partial charge in [0.25, 0.3) is 0 Å². The second-order valence-electron chi connectivity index (χ2n) is 4.96. The van der Waals surface area contributed by atoms with E-state index in [1.807, 2.05) is 0 Å². The van der Waals surface area contributed by atoms with Gasteiger partial charge in [0.05, 0.1) is 6.10 Å². The number of benzene rings is 1. The molecule has 0 aliphatic rings. The van der Waals surface area contributed by atoms with Gasteiger partial charge in [-0.25, -0.2) is 8.78 Å². The van der Waals surface area contributed by atoms with Crippen molar-refractivity contribution in [2.45, 2.75) is 51.0 Å². The van der Waals surface area contributed by atoms with Gasteiger partial charge in [-0.2, -0.15) is 0 Å². The number of unbranched alkanes of at least 4 members (excludes halogenated alkanes) is 3. The van der Waals surface area contributed by atoms with E-state index >= 15 is 0 Å². The highest BCUT2D eigenvalue weighted by molar-refractivity contribution is 5.23. The molecule has 2 atom stereocenters. The first kappa shape index (κ1) is 16.1. The summed E-state index contributed by atoms with van der Waals surface area (Å²) >= 11 is 0. The van der Waals surface area contributed by atoms with Gasteiger partial charge in [0, 0.05) is 18.5 Å². The minimum atomic E-state index is -0.650. The first-order valence-corrected chi connectivity index (χ1v) is 6.92. The maximum Gasteiger partial charge on any atom is 0.126 e. The highest BCUT2D eigenvalue weighted by atomic mass is 19.1. The van der Waals surface area contributed by atoms with E-state index in [9.17, 15) is 13.9 Å². The quantitative estimate of drug-likeness (QED) is 0.712. The van der Waals surface area contributed by atoms with Crippen LogP contribution in [0, 0.1) is 11.6 Å². The van der Waals surface area contributed by atoms with Crippen LogP contribution in [-0.4, -0.2) is 17.8 Å². The Morgan fingerprint density at radius 1 is 1.11 bits per heavy atom. The molecule has 108 valence electrons. The van der Waals surface area contributed by atoms with Gasteiger partial charge in [0.15, 0.2) is 0 Å². The fraction of sp³-hybridized carbons (Fsp3) is 0.600. The summed E-state index contributed by atoms with van der Waals surface area (Å²) in [5.41, 5.74) is 6.06. The van der Waals surface area contributed by atoms with E-state index in [1.54, 1.807) is 0 Å². The third-order valence-electron chi connectivity index (χ3n) is 3.38. The minimum Gasteiger partial charge on any atom is -0.392 e. The molecule has 0 saturated heterocycles. The van der Waals surface area contributed by atoms with Crippen LogP contribution in [0.5, 0.6) is 0 Å². The summed E-state index contributed by atoms with van der Waals surface area (Å²) < 4.78 is 26.4. The lowest BCUT2D eigenvalue weighted by Gasteiger charge is -2.22. The van der Waals surface area contributed by atoms with Crippen molar-refractivity contribution in [1.82, 2.24) is 0 Å². The summed E-state index contributed by atoms with van der Waals surface area (Å²) in [5.74, 6) is -1.68. The van der Waals surface area contributed by atoms with E-state index in [1.165, 1.54) is 12.1 Å². The zero-order valence-electron chi connectivity index (χ0n) is 11.4. The molecule has 3 N–H and O–H groups in total. The second kappa shape index (κ2) is 8.23. The van der Waals surface area contributed by atoms with Gasteiger partial charge >= 0.3 is 0 Å². The van der Waals surface area contributed by atoms with Crippen LogP contribution in [0.2, 0.25) is 0 Å². The fourth-order valence-electron chi connectivity index (χ4n) is 2.29. The Hall–Kier alpha value is -1.00. The lowest BCUT2D eigenvalue weighted by atomic mass is 9.90. The summed E-state index contributed by atoms with van der Waals surface area (Å²) in [4.78, 5) is 0. The van der Waals surface area contributed by atoms with Crippen molar-refractivity contribution in [3.8, 4) is 0 Å². The number of halogens is 2. The molecule has 0 fully saturated rings. The SMILES string of the molecule is CCCCCCC(O)C(CN)c1cc(F)cc(F)c1. The summed E-state index contributed by atoms with van der Waals surface area (Å²) in [6.07, 6.45) is 4.19. The van der Waals surface area contributed by atoms with Crippen LogP contribution in [-0.2, 0) is 0 Å². The molecule has 0 saturated carbocycles. The molecule has 2 unspecified atom stereocenters. The Bertz CT molecular complexity index is 364. The highest BCUT2D eigenvalue weighted by Gasteiger charge is 2.20. The first-order chi connectivity index (χ1) is 9.08. The standard InChI is InChI=1S/C15H23F2NO/c1-2-3-4-5-6-15(19)14(10-18)11-7-12(16)9-13(17)8-11/h7-9,14-15,19H,2-6,10,18H2,1H3. The average Bonchev–Trinajstić information content (AvgIpc) is 2.34. The Morgan fingerprint density at radius 3 is 2.26 bits per heavy atom. The maximum absolute atomic E-state index is 13.2. The molecule has 1 aromatic carbocycles. The van der Waals surface area contributed by atoms with Gasteiger partial charge in [-0.3, -0.25) is 0 Å². The van der Waals surface area contributed by atoms with E-state index in [4.69, 9.17) is 5.73 Å². The second-order valence-corrected chi connectivity index (χ2v) is 4.96. The molecule has 0 aliphatic carbocycles. The smallest absolute Gasteiger partial charge is 0.126 e. The molecular formula is C15H23F2NO. The largest absolute Gasteiger partial charge is 0.392 e. The fourth-order valence-corrected chi connectivity index (χ4v) is 2.29. The van der Waals surface area contributed by atoms with Crippen molar-refractivity contribution in [2.24, 2.45) is 5.73 Å². The van der Waals surface area contributed by atoms with E-state index in [0.29, 0.717) is 12.0 Å². The van der Waals surface area contributed by atoms with Crippen molar-refractivity contribution < 1.29 is 13.9 Å². The number of rotatable bonds is 8. The minimum absolute atomic E-state index is 0.178. The molecule has 1 aromatic rings. The molecule has 0 radical (unpaired) electrons. The number of hydrogen-bond donors (Lipinski definition) is 2. The monoisotopic (exact) mass is 271 g/mol.